The van der Waals surface area contributed by atoms with E-state index in [1.54, 1.807) is 18.3 Å². The number of ether oxygens (including phenoxy) is 2. The number of benzene rings is 1. The molecule has 0 saturated heterocycles. The molecule has 0 aliphatic rings. The van der Waals surface area contributed by atoms with Crippen LogP contribution in [0.1, 0.15) is 32.6 Å². The number of allylic oxidation sites excluding steroid dienone is 1. The molecule has 0 spiro atoms. The van der Waals surface area contributed by atoms with Gasteiger partial charge in [-0.05, 0) is 12.5 Å². The summed E-state index contributed by atoms with van der Waals surface area (Å²) >= 11 is 23.4. The molecule has 0 aliphatic carbocycles. The van der Waals surface area contributed by atoms with E-state index in [9.17, 15) is 0 Å². The van der Waals surface area contributed by atoms with Gasteiger partial charge < -0.3 is 9.47 Å². The molecule has 0 radical (unpaired) electrons. The number of hydroxylamine groups is 1. The minimum atomic E-state index is 0.135. The summed E-state index contributed by atoms with van der Waals surface area (Å²) in [6.45, 7) is 3.30. The summed E-state index contributed by atoms with van der Waals surface area (Å²) in [5, 5.41) is 0.734. The lowest BCUT2D eigenvalue weighted by molar-refractivity contribution is 0.0618. The van der Waals surface area contributed by atoms with E-state index in [0.717, 1.165) is 6.42 Å². The number of unbranched alkanes of at least 4 members (excludes halogenated alkanes) is 2. The Morgan fingerprint density at radius 1 is 1.08 bits per heavy atom. The SMILES string of the molecule is CCCCC=CNOCCCOc1c(Cl)cc(OCC=C(Cl)Cl)cc1Cl. The molecule has 0 bridgehead atoms. The number of hydrogen-bond acceptors (Lipinski definition) is 4. The second-order valence-electron chi connectivity index (χ2n) is 5.23. The summed E-state index contributed by atoms with van der Waals surface area (Å²) in [6, 6.07) is 3.25. The monoisotopic (exact) mass is 441 g/mol. The van der Waals surface area contributed by atoms with Crippen LogP contribution in [0.15, 0.2) is 35.0 Å². The van der Waals surface area contributed by atoms with Crippen LogP contribution in [0, 0.1) is 0 Å². The lowest BCUT2D eigenvalue weighted by atomic mass is 10.2. The zero-order valence-corrected chi connectivity index (χ0v) is 17.6. The van der Waals surface area contributed by atoms with E-state index < -0.39 is 0 Å². The maximum atomic E-state index is 6.19. The lowest BCUT2D eigenvalue weighted by Crippen LogP contribution is -2.10. The quantitative estimate of drug-likeness (QED) is 0.273. The first-order chi connectivity index (χ1) is 12.5. The van der Waals surface area contributed by atoms with Gasteiger partial charge in [-0.2, -0.15) is 0 Å². The molecule has 8 heteroatoms. The van der Waals surface area contributed by atoms with E-state index in [-0.39, 0.29) is 11.1 Å². The Bertz CT molecular complexity index is 567. The maximum Gasteiger partial charge on any atom is 0.156 e. The Hall–Kier alpha value is -0.780. The molecule has 26 heavy (non-hydrogen) atoms. The van der Waals surface area contributed by atoms with Gasteiger partial charge in [-0.1, -0.05) is 72.2 Å². The van der Waals surface area contributed by atoms with Gasteiger partial charge in [0.15, 0.2) is 5.75 Å². The fourth-order valence-electron chi connectivity index (χ4n) is 1.82. The van der Waals surface area contributed by atoms with Crippen molar-refractivity contribution in [2.24, 2.45) is 0 Å². The number of rotatable bonds is 13. The van der Waals surface area contributed by atoms with Crippen molar-refractivity contribution in [3.05, 3.63) is 45.0 Å². The summed E-state index contributed by atoms with van der Waals surface area (Å²) in [7, 11) is 0. The second kappa shape index (κ2) is 14.3. The highest BCUT2D eigenvalue weighted by atomic mass is 35.5. The molecule has 1 rings (SSSR count). The smallest absolute Gasteiger partial charge is 0.156 e. The second-order valence-corrected chi connectivity index (χ2v) is 7.06. The largest absolute Gasteiger partial charge is 0.490 e. The molecular weight excluding hydrogens is 420 g/mol. The summed E-state index contributed by atoms with van der Waals surface area (Å²) in [5.74, 6) is 0.916. The molecule has 0 aliphatic heterocycles. The zero-order valence-electron chi connectivity index (χ0n) is 14.6. The predicted molar refractivity (Wildman–Crippen MR) is 110 cm³/mol. The van der Waals surface area contributed by atoms with Crippen LogP contribution in [-0.2, 0) is 4.84 Å². The normalized spacial score (nSPS) is 10.8. The van der Waals surface area contributed by atoms with Gasteiger partial charge in [-0.3, -0.25) is 10.3 Å². The highest BCUT2D eigenvalue weighted by Gasteiger charge is 2.10. The number of halogens is 4. The van der Waals surface area contributed by atoms with Crippen molar-refractivity contribution < 1.29 is 14.3 Å². The van der Waals surface area contributed by atoms with Gasteiger partial charge in [-0.25, -0.2) is 0 Å². The van der Waals surface area contributed by atoms with Crippen molar-refractivity contribution in [1.82, 2.24) is 5.48 Å². The third kappa shape index (κ3) is 10.4. The number of hydrogen-bond donors (Lipinski definition) is 1. The average Bonchev–Trinajstić information content (AvgIpc) is 2.58. The van der Waals surface area contributed by atoms with E-state index in [1.807, 2.05) is 6.08 Å². The molecule has 0 saturated carbocycles. The van der Waals surface area contributed by atoms with Gasteiger partial charge in [-0.15, -0.1) is 0 Å². The first-order valence-electron chi connectivity index (χ1n) is 8.32. The van der Waals surface area contributed by atoms with Gasteiger partial charge in [0.05, 0.1) is 23.3 Å². The first-order valence-corrected chi connectivity index (χ1v) is 9.84. The first kappa shape index (κ1) is 23.3. The van der Waals surface area contributed by atoms with Crippen LogP contribution in [0.5, 0.6) is 11.5 Å². The highest BCUT2D eigenvalue weighted by molar-refractivity contribution is 6.55. The van der Waals surface area contributed by atoms with Crippen LogP contribution >= 0.6 is 46.4 Å². The summed E-state index contributed by atoms with van der Waals surface area (Å²) < 4.78 is 11.2. The molecule has 4 nitrogen and oxygen atoms in total. The molecule has 0 aromatic heterocycles. The molecule has 0 atom stereocenters. The average molecular weight is 443 g/mol. The molecule has 146 valence electrons. The van der Waals surface area contributed by atoms with Gasteiger partial charge in [0.25, 0.3) is 0 Å². The Labute approximate surface area is 174 Å². The third-order valence-corrected chi connectivity index (χ3v) is 3.96. The minimum absolute atomic E-state index is 0.135. The van der Waals surface area contributed by atoms with Gasteiger partial charge in [0, 0.05) is 24.8 Å². The highest BCUT2D eigenvalue weighted by Crippen LogP contribution is 2.37. The van der Waals surface area contributed by atoms with Gasteiger partial charge in [0.2, 0.25) is 0 Å². The van der Waals surface area contributed by atoms with Crippen LogP contribution in [0.3, 0.4) is 0 Å². The lowest BCUT2D eigenvalue weighted by Gasteiger charge is -2.12. The van der Waals surface area contributed by atoms with Crippen molar-refractivity contribution in [2.75, 3.05) is 19.8 Å². The van der Waals surface area contributed by atoms with Crippen LogP contribution in [0.25, 0.3) is 0 Å². The Kier molecular flexibility index (Phi) is 12.8. The molecule has 0 heterocycles. The zero-order chi connectivity index (χ0) is 19.2. The summed E-state index contributed by atoms with van der Waals surface area (Å²) in [5.41, 5.74) is 2.77. The molecule has 1 aromatic rings. The fourth-order valence-corrected chi connectivity index (χ4v) is 2.53. The molecule has 0 unspecified atom stereocenters. The fraction of sp³-hybridized carbons (Fsp3) is 0.444. The van der Waals surface area contributed by atoms with Gasteiger partial charge in [0.1, 0.15) is 16.8 Å². The maximum absolute atomic E-state index is 6.19. The van der Waals surface area contributed by atoms with E-state index in [4.69, 9.17) is 60.7 Å². The molecule has 0 amide bonds. The Morgan fingerprint density at radius 3 is 2.46 bits per heavy atom. The predicted octanol–water partition coefficient (Wildman–Crippen LogP) is 6.69. The van der Waals surface area contributed by atoms with E-state index in [0.29, 0.717) is 41.2 Å². The minimum Gasteiger partial charge on any atom is -0.490 e. The van der Waals surface area contributed by atoms with E-state index in [2.05, 4.69) is 12.4 Å². The molecule has 0 fully saturated rings. The summed E-state index contributed by atoms with van der Waals surface area (Å²) in [4.78, 5) is 5.27. The number of nitrogens with one attached hydrogen (secondary N) is 1. The summed E-state index contributed by atoms with van der Waals surface area (Å²) in [6.07, 6.45) is 9.44. The topological polar surface area (TPSA) is 39.7 Å². The van der Waals surface area contributed by atoms with E-state index in [1.165, 1.54) is 18.9 Å². The van der Waals surface area contributed by atoms with Crippen molar-refractivity contribution in [1.29, 1.82) is 0 Å². The standard InChI is InChI=1S/C18H23Cl4NO3/c1-2-3-4-5-8-23-26-10-6-9-25-18-15(19)12-14(13-16(18)20)24-11-7-17(21)22/h5,7-8,12-13,23H,2-4,6,9-11H2,1H3. The van der Waals surface area contributed by atoms with Crippen molar-refractivity contribution >= 4 is 46.4 Å². The molecule has 1 aromatic carbocycles. The van der Waals surface area contributed by atoms with Crippen LogP contribution < -0.4 is 15.0 Å². The molecular formula is C18H23Cl4NO3. The molecule has 1 N–H and O–H groups in total. The van der Waals surface area contributed by atoms with Crippen LogP contribution in [0.4, 0.5) is 0 Å². The Balaban J connectivity index is 2.30. The van der Waals surface area contributed by atoms with Crippen molar-refractivity contribution in [3.63, 3.8) is 0 Å². The van der Waals surface area contributed by atoms with E-state index >= 15 is 0 Å². The van der Waals surface area contributed by atoms with Gasteiger partial charge >= 0.3 is 0 Å². The third-order valence-electron chi connectivity index (χ3n) is 3.09. The van der Waals surface area contributed by atoms with Crippen molar-refractivity contribution in [3.8, 4) is 11.5 Å². The van der Waals surface area contributed by atoms with Crippen LogP contribution in [0.2, 0.25) is 10.0 Å². The Morgan fingerprint density at radius 2 is 1.81 bits per heavy atom. The van der Waals surface area contributed by atoms with Crippen molar-refractivity contribution in [2.45, 2.75) is 32.6 Å². The van der Waals surface area contributed by atoms with Crippen LogP contribution in [-0.4, -0.2) is 19.8 Å².